The van der Waals surface area contributed by atoms with Gasteiger partial charge in [-0.15, -0.1) is 0 Å². The van der Waals surface area contributed by atoms with E-state index in [9.17, 15) is 0 Å². The van der Waals surface area contributed by atoms with E-state index in [1.54, 1.807) is 0 Å². The maximum atomic E-state index is 5.75. The molecule has 0 N–H and O–H groups in total. The van der Waals surface area contributed by atoms with Crippen LogP contribution in [0.4, 0.5) is 0 Å². The number of aryl methyl sites for hydroxylation is 2. The molecule has 0 saturated carbocycles. The third kappa shape index (κ3) is 3.93. The number of nitrogens with zero attached hydrogens (tertiary/aromatic N) is 4. The summed E-state index contributed by atoms with van der Waals surface area (Å²) in [5.41, 5.74) is 4.38. The number of rotatable bonds is 9. The number of benzene rings is 2. The van der Waals surface area contributed by atoms with Crippen molar-refractivity contribution in [2.45, 2.75) is 26.9 Å². The van der Waals surface area contributed by atoms with Crippen LogP contribution in [0, 0.1) is 13.8 Å². The van der Waals surface area contributed by atoms with Crippen LogP contribution in [0.3, 0.4) is 0 Å². The van der Waals surface area contributed by atoms with Gasteiger partial charge in [-0.05, 0) is 38.1 Å². The van der Waals surface area contributed by atoms with Crippen LogP contribution >= 0.6 is 0 Å². The van der Waals surface area contributed by atoms with Gasteiger partial charge >= 0.3 is 0 Å². The molecule has 0 unspecified atom stereocenters. The highest BCUT2D eigenvalue weighted by Gasteiger charge is 2.07. The van der Waals surface area contributed by atoms with E-state index in [1.807, 2.05) is 50.2 Å². The Morgan fingerprint density at radius 1 is 0.643 bits per heavy atom. The summed E-state index contributed by atoms with van der Waals surface area (Å²) in [7, 11) is 0. The number of imidazole rings is 2. The van der Waals surface area contributed by atoms with Gasteiger partial charge in [0.25, 0.3) is 0 Å². The molecule has 0 aliphatic heterocycles. The number of hydrogen-bond acceptors (Lipinski definition) is 4. The van der Waals surface area contributed by atoms with Crippen molar-refractivity contribution in [1.29, 1.82) is 0 Å². The molecule has 4 rings (SSSR count). The average Bonchev–Trinajstić information content (AvgIpc) is 3.19. The summed E-state index contributed by atoms with van der Waals surface area (Å²) in [6.07, 6.45) is 0. The van der Waals surface area contributed by atoms with E-state index >= 15 is 0 Å². The predicted octanol–water partition coefficient (Wildman–Crippen LogP) is 3.74. The van der Waals surface area contributed by atoms with Crippen molar-refractivity contribution in [3.8, 4) is 0 Å². The standard InChI is InChI=1S/C22H26N4O2/c1-17-23-19-7-3-5-9-21(19)25(17)11-13-27-15-16-28-14-12-26-18(2)24-20-8-4-6-10-22(20)26/h3-10H,11-16H2,1-2H3. The first-order valence-corrected chi connectivity index (χ1v) is 9.73. The zero-order chi connectivity index (χ0) is 19.3. The molecule has 0 aliphatic carbocycles. The maximum absolute atomic E-state index is 5.75. The minimum atomic E-state index is 0.593. The summed E-state index contributed by atoms with van der Waals surface area (Å²) >= 11 is 0. The third-order valence-electron chi connectivity index (χ3n) is 4.98. The van der Waals surface area contributed by atoms with E-state index in [0.717, 1.165) is 46.8 Å². The van der Waals surface area contributed by atoms with Crippen molar-refractivity contribution in [1.82, 2.24) is 19.1 Å². The molecule has 0 aliphatic rings. The van der Waals surface area contributed by atoms with Crippen LogP contribution in [-0.2, 0) is 22.6 Å². The average molecular weight is 378 g/mol. The van der Waals surface area contributed by atoms with Gasteiger partial charge < -0.3 is 18.6 Å². The summed E-state index contributed by atoms with van der Waals surface area (Å²) < 4.78 is 15.9. The Morgan fingerprint density at radius 2 is 1.07 bits per heavy atom. The van der Waals surface area contributed by atoms with Crippen molar-refractivity contribution in [2.24, 2.45) is 0 Å². The highest BCUT2D eigenvalue weighted by atomic mass is 16.5. The molecule has 0 saturated heterocycles. The van der Waals surface area contributed by atoms with Gasteiger partial charge in [-0.2, -0.15) is 0 Å². The SMILES string of the molecule is Cc1nc2ccccc2n1CCOCCOCCn1c(C)nc2ccccc21. The van der Waals surface area contributed by atoms with Crippen LogP contribution in [0.25, 0.3) is 22.1 Å². The Hall–Kier alpha value is -2.70. The van der Waals surface area contributed by atoms with Gasteiger partial charge in [-0.1, -0.05) is 24.3 Å². The van der Waals surface area contributed by atoms with E-state index in [4.69, 9.17) is 9.47 Å². The Bertz CT molecular complexity index is 981. The van der Waals surface area contributed by atoms with Crippen LogP contribution in [0.5, 0.6) is 0 Å². The number of fused-ring (bicyclic) bond motifs is 2. The van der Waals surface area contributed by atoms with Crippen LogP contribution in [0.2, 0.25) is 0 Å². The molecule has 0 fully saturated rings. The number of ether oxygens (including phenoxy) is 2. The summed E-state index contributed by atoms with van der Waals surface area (Å²) in [6.45, 7) is 8.14. The van der Waals surface area contributed by atoms with Crippen LogP contribution in [-0.4, -0.2) is 45.5 Å². The zero-order valence-electron chi connectivity index (χ0n) is 16.5. The molecular weight excluding hydrogens is 352 g/mol. The van der Waals surface area contributed by atoms with E-state index in [1.165, 1.54) is 0 Å². The lowest BCUT2D eigenvalue weighted by atomic mass is 10.3. The normalized spacial score (nSPS) is 11.6. The van der Waals surface area contributed by atoms with Gasteiger partial charge in [0.1, 0.15) is 11.6 Å². The van der Waals surface area contributed by atoms with Gasteiger partial charge in [-0.25, -0.2) is 9.97 Å². The van der Waals surface area contributed by atoms with E-state index in [0.29, 0.717) is 26.4 Å². The molecule has 0 amide bonds. The van der Waals surface area contributed by atoms with Crippen molar-refractivity contribution >= 4 is 22.1 Å². The first-order valence-electron chi connectivity index (χ1n) is 9.73. The lowest BCUT2D eigenvalue weighted by Crippen LogP contribution is -2.13. The fraction of sp³-hybridized carbons (Fsp3) is 0.364. The first kappa shape index (κ1) is 18.7. The van der Waals surface area contributed by atoms with Crippen LogP contribution < -0.4 is 0 Å². The first-order chi connectivity index (χ1) is 13.7. The summed E-state index contributed by atoms with van der Waals surface area (Å²) in [4.78, 5) is 9.16. The van der Waals surface area contributed by atoms with Crippen molar-refractivity contribution in [2.75, 3.05) is 26.4 Å². The highest BCUT2D eigenvalue weighted by molar-refractivity contribution is 5.76. The molecule has 6 nitrogen and oxygen atoms in total. The second-order valence-corrected chi connectivity index (χ2v) is 6.82. The number of para-hydroxylation sites is 4. The Morgan fingerprint density at radius 3 is 1.54 bits per heavy atom. The number of hydrogen-bond donors (Lipinski definition) is 0. The molecule has 6 heteroatoms. The molecule has 2 aromatic heterocycles. The molecule has 28 heavy (non-hydrogen) atoms. The van der Waals surface area contributed by atoms with Crippen molar-refractivity contribution < 1.29 is 9.47 Å². The van der Waals surface area contributed by atoms with Crippen LogP contribution in [0.15, 0.2) is 48.5 Å². The minimum Gasteiger partial charge on any atom is -0.377 e. The highest BCUT2D eigenvalue weighted by Crippen LogP contribution is 2.16. The number of aromatic nitrogens is 4. The summed E-state index contributed by atoms with van der Waals surface area (Å²) in [5, 5.41) is 0. The fourth-order valence-corrected chi connectivity index (χ4v) is 3.59. The van der Waals surface area contributed by atoms with E-state index in [2.05, 4.69) is 31.2 Å². The Balaban J connectivity index is 1.17. The topological polar surface area (TPSA) is 54.1 Å². The van der Waals surface area contributed by atoms with E-state index in [-0.39, 0.29) is 0 Å². The summed E-state index contributed by atoms with van der Waals surface area (Å²) in [5.74, 6) is 2.04. The molecule has 0 atom stereocenters. The molecule has 2 aromatic carbocycles. The molecule has 4 aromatic rings. The van der Waals surface area contributed by atoms with Crippen molar-refractivity contribution in [3.05, 3.63) is 60.2 Å². The monoisotopic (exact) mass is 378 g/mol. The molecular formula is C22H26N4O2. The third-order valence-corrected chi connectivity index (χ3v) is 4.98. The molecule has 146 valence electrons. The predicted molar refractivity (Wildman–Crippen MR) is 111 cm³/mol. The second kappa shape index (κ2) is 8.54. The maximum Gasteiger partial charge on any atom is 0.106 e. The van der Waals surface area contributed by atoms with Gasteiger partial charge in [0, 0.05) is 13.1 Å². The summed E-state index contributed by atoms with van der Waals surface area (Å²) in [6, 6.07) is 16.4. The van der Waals surface area contributed by atoms with E-state index < -0.39 is 0 Å². The van der Waals surface area contributed by atoms with Crippen molar-refractivity contribution in [3.63, 3.8) is 0 Å². The minimum absolute atomic E-state index is 0.593. The van der Waals surface area contributed by atoms with Gasteiger partial charge in [0.05, 0.1) is 48.5 Å². The molecule has 0 bridgehead atoms. The molecule has 2 heterocycles. The zero-order valence-corrected chi connectivity index (χ0v) is 16.5. The smallest absolute Gasteiger partial charge is 0.106 e. The van der Waals surface area contributed by atoms with Gasteiger partial charge in [0.15, 0.2) is 0 Å². The van der Waals surface area contributed by atoms with Gasteiger partial charge in [-0.3, -0.25) is 0 Å². The molecule has 0 radical (unpaired) electrons. The second-order valence-electron chi connectivity index (χ2n) is 6.82. The lowest BCUT2D eigenvalue weighted by molar-refractivity contribution is 0.0423. The fourth-order valence-electron chi connectivity index (χ4n) is 3.59. The van der Waals surface area contributed by atoms with Crippen LogP contribution in [0.1, 0.15) is 11.6 Å². The largest absolute Gasteiger partial charge is 0.377 e. The Kier molecular flexibility index (Phi) is 5.69. The van der Waals surface area contributed by atoms with Gasteiger partial charge in [0.2, 0.25) is 0 Å². The Labute approximate surface area is 164 Å². The lowest BCUT2D eigenvalue weighted by Gasteiger charge is -2.10. The molecule has 0 spiro atoms. The quantitative estimate of drug-likeness (QED) is 0.416.